The summed E-state index contributed by atoms with van der Waals surface area (Å²) < 4.78 is 0. The molecule has 0 bridgehead atoms. The van der Waals surface area contributed by atoms with Crippen LogP contribution in [-0.2, 0) is 6.42 Å². The first kappa shape index (κ1) is 12.1. The van der Waals surface area contributed by atoms with E-state index in [0.29, 0.717) is 5.41 Å². The smallest absolute Gasteiger partial charge is 0.0101 e. The van der Waals surface area contributed by atoms with Crippen molar-refractivity contribution >= 4 is 27.7 Å². The molecule has 0 saturated carbocycles. The van der Waals surface area contributed by atoms with Gasteiger partial charge in [0.05, 0.1) is 0 Å². The van der Waals surface area contributed by atoms with Gasteiger partial charge in [0.25, 0.3) is 0 Å². The first-order chi connectivity index (χ1) is 6.59. The van der Waals surface area contributed by atoms with Gasteiger partial charge in [-0.05, 0) is 29.7 Å². The van der Waals surface area contributed by atoms with E-state index in [-0.39, 0.29) is 0 Å². The first-order valence-electron chi connectivity index (χ1n) is 4.77. The molecular formula is C12H17BrS. The average molecular weight is 273 g/mol. The van der Waals surface area contributed by atoms with E-state index in [2.05, 4.69) is 60.3 Å². The van der Waals surface area contributed by atoms with Crippen LogP contribution in [0.1, 0.15) is 19.4 Å². The van der Waals surface area contributed by atoms with Crippen LogP contribution in [0.4, 0.5) is 0 Å². The van der Waals surface area contributed by atoms with Crippen molar-refractivity contribution < 1.29 is 0 Å². The normalized spacial score (nSPS) is 11.7. The molecule has 0 amide bonds. The summed E-state index contributed by atoms with van der Waals surface area (Å²) in [5.74, 6) is 0. The number of hydrogen-bond donors (Lipinski definition) is 0. The van der Waals surface area contributed by atoms with Crippen LogP contribution in [0.2, 0.25) is 0 Å². The number of rotatable bonds is 4. The fourth-order valence-corrected chi connectivity index (χ4v) is 2.23. The topological polar surface area (TPSA) is 0 Å². The van der Waals surface area contributed by atoms with E-state index < -0.39 is 0 Å². The maximum atomic E-state index is 3.57. The minimum Gasteiger partial charge on any atom is -0.129 e. The van der Waals surface area contributed by atoms with Crippen LogP contribution >= 0.6 is 27.7 Å². The van der Waals surface area contributed by atoms with Gasteiger partial charge in [0.15, 0.2) is 0 Å². The maximum absolute atomic E-state index is 3.57. The fourth-order valence-electron chi connectivity index (χ4n) is 1.41. The van der Waals surface area contributed by atoms with Gasteiger partial charge in [-0.15, -0.1) is 11.8 Å². The quantitative estimate of drug-likeness (QED) is 0.579. The Labute approximate surface area is 99.6 Å². The highest BCUT2D eigenvalue weighted by atomic mass is 79.9. The van der Waals surface area contributed by atoms with Crippen LogP contribution in [0.15, 0.2) is 29.2 Å². The van der Waals surface area contributed by atoms with Gasteiger partial charge in [0.1, 0.15) is 0 Å². The molecule has 1 aromatic carbocycles. The van der Waals surface area contributed by atoms with Crippen molar-refractivity contribution in [3.05, 3.63) is 29.8 Å². The van der Waals surface area contributed by atoms with E-state index in [1.165, 1.54) is 10.5 Å². The van der Waals surface area contributed by atoms with E-state index >= 15 is 0 Å². The van der Waals surface area contributed by atoms with Crippen molar-refractivity contribution in [2.75, 3.05) is 11.6 Å². The maximum Gasteiger partial charge on any atom is 0.0101 e. The molecular weight excluding hydrogens is 256 g/mol. The van der Waals surface area contributed by atoms with Gasteiger partial charge in [-0.1, -0.05) is 48.0 Å². The Morgan fingerprint density at radius 3 is 2.50 bits per heavy atom. The second-order valence-corrected chi connectivity index (χ2v) is 5.70. The third-order valence-electron chi connectivity index (χ3n) is 2.22. The zero-order valence-corrected chi connectivity index (χ0v) is 11.4. The molecule has 1 rings (SSSR count). The molecule has 14 heavy (non-hydrogen) atoms. The summed E-state index contributed by atoms with van der Waals surface area (Å²) in [6, 6.07) is 8.66. The van der Waals surface area contributed by atoms with Gasteiger partial charge in [-0.3, -0.25) is 0 Å². The van der Waals surface area contributed by atoms with Crippen molar-refractivity contribution in [1.29, 1.82) is 0 Å². The lowest BCUT2D eigenvalue weighted by atomic mass is 9.88. The standard InChI is InChI=1S/C12H17BrS/c1-12(2,9-13)8-10-6-4-5-7-11(10)14-3/h4-7H,8-9H2,1-3H3. The van der Waals surface area contributed by atoms with Gasteiger partial charge in [0.2, 0.25) is 0 Å². The number of benzene rings is 1. The summed E-state index contributed by atoms with van der Waals surface area (Å²) in [5, 5.41) is 1.04. The van der Waals surface area contributed by atoms with Crippen LogP contribution in [0, 0.1) is 5.41 Å². The highest BCUT2D eigenvalue weighted by Gasteiger charge is 2.17. The number of halogens is 1. The molecule has 0 radical (unpaired) electrons. The Kier molecular flexibility index (Phi) is 4.52. The Morgan fingerprint density at radius 2 is 1.93 bits per heavy atom. The summed E-state index contributed by atoms with van der Waals surface area (Å²) in [6.45, 7) is 4.58. The SMILES string of the molecule is CSc1ccccc1CC(C)(C)CBr. The molecule has 0 fully saturated rings. The van der Waals surface area contributed by atoms with Crippen molar-refractivity contribution in [3.63, 3.8) is 0 Å². The Bertz CT molecular complexity index is 294. The minimum absolute atomic E-state index is 0.339. The molecule has 0 N–H and O–H groups in total. The van der Waals surface area contributed by atoms with Crippen molar-refractivity contribution in [3.8, 4) is 0 Å². The fraction of sp³-hybridized carbons (Fsp3) is 0.500. The highest BCUT2D eigenvalue weighted by molar-refractivity contribution is 9.09. The molecule has 1 aromatic rings. The summed E-state index contributed by atoms with van der Waals surface area (Å²) in [4.78, 5) is 1.40. The van der Waals surface area contributed by atoms with Crippen molar-refractivity contribution in [2.45, 2.75) is 25.2 Å². The monoisotopic (exact) mass is 272 g/mol. The summed E-state index contributed by atoms with van der Waals surface area (Å²) in [5.41, 5.74) is 1.80. The zero-order valence-electron chi connectivity index (χ0n) is 9.01. The lowest BCUT2D eigenvalue weighted by molar-refractivity contribution is 0.422. The van der Waals surface area contributed by atoms with Crippen molar-refractivity contribution in [1.82, 2.24) is 0 Å². The van der Waals surface area contributed by atoms with Gasteiger partial charge in [-0.25, -0.2) is 0 Å². The van der Waals surface area contributed by atoms with Crippen LogP contribution in [0.3, 0.4) is 0 Å². The average Bonchev–Trinajstić information content (AvgIpc) is 2.18. The van der Waals surface area contributed by atoms with E-state index in [1.54, 1.807) is 0 Å². The summed E-state index contributed by atoms with van der Waals surface area (Å²) >= 11 is 5.40. The summed E-state index contributed by atoms with van der Waals surface area (Å²) in [6.07, 6.45) is 3.27. The van der Waals surface area contributed by atoms with E-state index in [9.17, 15) is 0 Å². The van der Waals surface area contributed by atoms with Gasteiger partial charge < -0.3 is 0 Å². The predicted octanol–water partition coefficient (Wildman–Crippen LogP) is 4.37. The number of hydrogen-bond acceptors (Lipinski definition) is 1. The molecule has 0 saturated heterocycles. The molecule has 0 heterocycles. The van der Waals surface area contributed by atoms with Crippen LogP contribution in [0.25, 0.3) is 0 Å². The molecule has 0 aliphatic heterocycles. The Morgan fingerprint density at radius 1 is 1.29 bits per heavy atom. The molecule has 78 valence electrons. The van der Waals surface area contributed by atoms with E-state index in [4.69, 9.17) is 0 Å². The van der Waals surface area contributed by atoms with Crippen LogP contribution in [-0.4, -0.2) is 11.6 Å². The lowest BCUT2D eigenvalue weighted by Gasteiger charge is -2.22. The highest BCUT2D eigenvalue weighted by Crippen LogP contribution is 2.29. The van der Waals surface area contributed by atoms with Gasteiger partial charge >= 0.3 is 0 Å². The third kappa shape index (κ3) is 3.32. The van der Waals surface area contributed by atoms with Gasteiger partial charge in [0, 0.05) is 10.2 Å². The Balaban J connectivity index is 2.85. The second kappa shape index (κ2) is 5.22. The molecule has 0 atom stereocenters. The van der Waals surface area contributed by atoms with E-state index in [0.717, 1.165) is 11.8 Å². The Hall–Kier alpha value is 0.0500. The first-order valence-corrected chi connectivity index (χ1v) is 7.11. The molecule has 0 unspecified atom stereocenters. The molecule has 2 heteroatoms. The van der Waals surface area contributed by atoms with Crippen LogP contribution in [0.5, 0.6) is 0 Å². The van der Waals surface area contributed by atoms with Gasteiger partial charge in [-0.2, -0.15) is 0 Å². The van der Waals surface area contributed by atoms with Crippen molar-refractivity contribution in [2.24, 2.45) is 5.41 Å². The van der Waals surface area contributed by atoms with E-state index in [1.807, 2.05) is 11.8 Å². The molecule has 0 spiro atoms. The molecule has 0 nitrogen and oxygen atoms in total. The molecule has 0 aliphatic rings. The lowest BCUT2D eigenvalue weighted by Crippen LogP contribution is -2.16. The minimum atomic E-state index is 0.339. The summed E-state index contributed by atoms with van der Waals surface area (Å²) in [7, 11) is 0. The number of alkyl halides is 1. The largest absolute Gasteiger partial charge is 0.129 e. The number of thioether (sulfide) groups is 1. The second-order valence-electron chi connectivity index (χ2n) is 4.29. The third-order valence-corrected chi connectivity index (χ3v) is 4.58. The van der Waals surface area contributed by atoms with Crippen LogP contribution < -0.4 is 0 Å². The molecule has 0 aliphatic carbocycles. The zero-order chi connectivity index (χ0) is 10.6. The predicted molar refractivity (Wildman–Crippen MR) is 69.5 cm³/mol. The molecule has 0 aromatic heterocycles.